The Balaban J connectivity index is 1.57. The molecular weight excluding hydrogens is 192 g/mol. The molecule has 2 saturated carbocycles. The highest BCUT2D eigenvalue weighted by molar-refractivity contribution is 7.15. The molecule has 0 aromatic carbocycles. The Bertz CT molecular complexity index is 330. The minimum atomic E-state index is 0.748. The third-order valence-electron chi connectivity index (χ3n) is 3.28. The summed E-state index contributed by atoms with van der Waals surface area (Å²) in [5, 5.41) is 4.68. The maximum atomic E-state index is 4.39. The van der Waals surface area contributed by atoms with Crippen molar-refractivity contribution in [3.05, 3.63) is 11.1 Å². The zero-order valence-corrected chi connectivity index (χ0v) is 9.31. The molecule has 2 atom stereocenters. The summed E-state index contributed by atoms with van der Waals surface area (Å²) in [6.07, 6.45) is 7.44. The Labute approximate surface area is 88.7 Å². The van der Waals surface area contributed by atoms with E-state index in [-0.39, 0.29) is 0 Å². The smallest absolute Gasteiger partial charge is 0.183 e. The third-order valence-corrected chi connectivity index (χ3v) is 4.35. The van der Waals surface area contributed by atoms with Crippen LogP contribution in [0.15, 0.2) is 6.20 Å². The quantitative estimate of drug-likeness (QED) is 0.823. The second-order valence-corrected chi connectivity index (χ2v) is 5.59. The van der Waals surface area contributed by atoms with E-state index >= 15 is 0 Å². The number of thiazole rings is 1. The highest BCUT2D eigenvalue weighted by Crippen LogP contribution is 2.51. The number of anilines is 1. The monoisotopic (exact) mass is 208 g/mol. The first-order valence-corrected chi connectivity index (χ1v) is 6.39. The maximum Gasteiger partial charge on any atom is 0.183 e. The van der Waals surface area contributed by atoms with Crippen LogP contribution in [-0.2, 0) is 6.42 Å². The van der Waals surface area contributed by atoms with Gasteiger partial charge in [0.2, 0.25) is 0 Å². The normalized spacial score (nSPS) is 30.4. The van der Waals surface area contributed by atoms with Gasteiger partial charge in [-0.25, -0.2) is 4.98 Å². The van der Waals surface area contributed by atoms with Gasteiger partial charge in [-0.1, -0.05) is 6.92 Å². The molecule has 1 aromatic heterocycles. The third kappa shape index (κ3) is 1.65. The topological polar surface area (TPSA) is 24.9 Å². The van der Waals surface area contributed by atoms with Crippen LogP contribution < -0.4 is 5.32 Å². The summed E-state index contributed by atoms with van der Waals surface area (Å²) in [5.74, 6) is 2.03. The van der Waals surface area contributed by atoms with Crippen LogP contribution in [0.3, 0.4) is 0 Å². The molecule has 2 nitrogen and oxygen atoms in total. The van der Waals surface area contributed by atoms with E-state index in [0.717, 1.165) is 29.4 Å². The van der Waals surface area contributed by atoms with Gasteiger partial charge in [-0.05, 0) is 37.5 Å². The molecule has 2 aliphatic rings. The van der Waals surface area contributed by atoms with Crippen molar-refractivity contribution in [2.45, 2.75) is 38.6 Å². The molecule has 1 aromatic rings. The summed E-state index contributed by atoms with van der Waals surface area (Å²) in [6.45, 7) is 2.18. The van der Waals surface area contributed by atoms with E-state index in [2.05, 4.69) is 17.2 Å². The second kappa shape index (κ2) is 3.23. The molecule has 0 saturated heterocycles. The van der Waals surface area contributed by atoms with Crippen LogP contribution in [0, 0.1) is 11.8 Å². The van der Waals surface area contributed by atoms with Gasteiger partial charge >= 0.3 is 0 Å². The zero-order chi connectivity index (χ0) is 9.54. The second-order valence-electron chi connectivity index (χ2n) is 4.47. The summed E-state index contributed by atoms with van der Waals surface area (Å²) in [4.78, 5) is 5.77. The van der Waals surface area contributed by atoms with Gasteiger partial charge in [0.25, 0.3) is 0 Å². The van der Waals surface area contributed by atoms with Gasteiger partial charge in [-0.3, -0.25) is 0 Å². The van der Waals surface area contributed by atoms with Gasteiger partial charge in [0.15, 0.2) is 5.13 Å². The van der Waals surface area contributed by atoms with Crippen molar-refractivity contribution in [3.63, 3.8) is 0 Å². The van der Waals surface area contributed by atoms with Crippen LogP contribution >= 0.6 is 11.3 Å². The van der Waals surface area contributed by atoms with Crippen molar-refractivity contribution in [1.29, 1.82) is 0 Å². The van der Waals surface area contributed by atoms with E-state index in [9.17, 15) is 0 Å². The van der Waals surface area contributed by atoms with Crippen LogP contribution in [-0.4, -0.2) is 11.0 Å². The minimum Gasteiger partial charge on any atom is -0.358 e. The fraction of sp³-hybridized carbons (Fsp3) is 0.727. The Hall–Kier alpha value is -0.570. The maximum absolute atomic E-state index is 4.39. The van der Waals surface area contributed by atoms with Gasteiger partial charge in [0.05, 0.1) is 0 Å². The average molecular weight is 208 g/mol. The SMILES string of the molecule is CCc1cnc(NC2CC2C2CC2)s1. The Morgan fingerprint density at radius 1 is 1.57 bits per heavy atom. The van der Waals surface area contributed by atoms with E-state index in [1.54, 1.807) is 0 Å². The fourth-order valence-corrected chi connectivity index (χ4v) is 2.94. The molecule has 3 rings (SSSR count). The van der Waals surface area contributed by atoms with E-state index in [4.69, 9.17) is 0 Å². The van der Waals surface area contributed by atoms with E-state index in [1.165, 1.54) is 24.1 Å². The van der Waals surface area contributed by atoms with E-state index in [1.807, 2.05) is 17.5 Å². The molecule has 2 fully saturated rings. The standard InChI is InChI=1S/C11H16N2S/c1-2-8-6-12-11(14-8)13-10-5-9(10)7-3-4-7/h6-7,9-10H,2-5H2,1H3,(H,12,13). The molecule has 0 radical (unpaired) electrons. The summed E-state index contributed by atoms with van der Waals surface area (Å²) in [7, 11) is 0. The van der Waals surface area contributed by atoms with Crippen molar-refractivity contribution in [2.24, 2.45) is 11.8 Å². The molecule has 14 heavy (non-hydrogen) atoms. The van der Waals surface area contributed by atoms with Crippen molar-refractivity contribution >= 4 is 16.5 Å². The Morgan fingerprint density at radius 3 is 3.07 bits per heavy atom. The first-order valence-electron chi connectivity index (χ1n) is 5.58. The highest BCUT2D eigenvalue weighted by Gasteiger charge is 2.47. The van der Waals surface area contributed by atoms with Crippen molar-refractivity contribution in [3.8, 4) is 0 Å². The molecule has 2 unspecified atom stereocenters. The van der Waals surface area contributed by atoms with Crippen LogP contribution in [0.25, 0.3) is 0 Å². The molecule has 0 bridgehead atoms. The molecule has 0 spiro atoms. The number of aromatic nitrogens is 1. The lowest BCUT2D eigenvalue weighted by Crippen LogP contribution is -2.04. The predicted molar refractivity (Wildman–Crippen MR) is 59.7 cm³/mol. The lowest BCUT2D eigenvalue weighted by molar-refractivity contribution is 0.697. The summed E-state index contributed by atoms with van der Waals surface area (Å²) < 4.78 is 0. The van der Waals surface area contributed by atoms with Gasteiger partial charge in [-0.2, -0.15) is 0 Å². The largest absolute Gasteiger partial charge is 0.358 e. The number of nitrogens with zero attached hydrogens (tertiary/aromatic N) is 1. The van der Waals surface area contributed by atoms with Crippen LogP contribution in [0.4, 0.5) is 5.13 Å². The number of rotatable bonds is 4. The summed E-state index contributed by atoms with van der Waals surface area (Å²) in [5.41, 5.74) is 0. The van der Waals surface area contributed by atoms with Gasteiger partial charge in [0, 0.05) is 17.1 Å². The van der Waals surface area contributed by atoms with Crippen molar-refractivity contribution in [2.75, 3.05) is 5.32 Å². The number of nitrogens with one attached hydrogen (secondary N) is 1. The highest BCUT2D eigenvalue weighted by atomic mass is 32.1. The Morgan fingerprint density at radius 2 is 2.43 bits per heavy atom. The molecule has 76 valence electrons. The first kappa shape index (κ1) is 8.72. The van der Waals surface area contributed by atoms with Crippen LogP contribution in [0.2, 0.25) is 0 Å². The fourth-order valence-electron chi connectivity index (χ4n) is 2.12. The van der Waals surface area contributed by atoms with Gasteiger partial charge < -0.3 is 5.32 Å². The van der Waals surface area contributed by atoms with Crippen molar-refractivity contribution < 1.29 is 0 Å². The summed E-state index contributed by atoms with van der Waals surface area (Å²) >= 11 is 1.81. The lowest BCUT2D eigenvalue weighted by atomic mass is 10.3. The van der Waals surface area contributed by atoms with E-state index in [0.29, 0.717) is 0 Å². The van der Waals surface area contributed by atoms with Gasteiger partial charge in [-0.15, -0.1) is 11.3 Å². The zero-order valence-electron chi connectivity index (χ0n) is 8.49. The van der Waals surface area contributed by atoms with E-state index < -0.39 is 0 Å². The molecule has 1 N–H and O–H groups in total. The minimum absolute atomic E-state index is 0.748. The van der Waals surface area contributed by atoms with Crippen LogP contribution in [0.1, 0.15) is 31.1 Å². The van der Waals surface area contributed by atoms with Gasteiger partial charge in [0.1, 0.15) is 0 Å². The first-order chi connectivity index (χ1) is 6.86. The number of hydrogen-bond donors (Lipinski definition) is 1. The Kier molecular flexibility index (Phi) is 2.01. The number of aryl methyl sites for hydroxylation is 1. The van der Waals surface area contributed by atoms with Crippen LogP contribution in [0.5, 0.6) is 0 Å². The predicted octanol–water partition coefficient (Wildman–Crippen LogP) is 2.92. The molecule has 0 aliphatic heterocycles. The average Bonchev–Trinajstić information content (AvgIpc) is 3.04. The number of hydrogen-bond acceptors (Lipinski definition) is 3. The molecule has 3 heteroatoms. The summed E-state index contributed by atoms with van der Waals surface area (Å²) in [6, 6.07) is 0.748. The van der Waals surface area contributed by atoms with Crippen molar-refractivity contribution in [1.82, 2.24) is 4.98 Å². The molecular formula is C11H16N2S. The molecule has 0 amide bonds. The lowest BCUT2D eigenvalue weighted by Gasteiger charge is -1.99. The molecule has 2 aliphatic carbocycles. The molecule has 1 heterocycles.